The van der Waals surface area contributed by atoms with Crippen LogP contribution in [0.2, 0.25) is 0 Å². The molecule has 6 aliphatic carbocycles. The molecule has 6 spiro atoms. The third kappa shape index (κ3) is 8.14. The Balaban J connectivity index is 0.000000132. The molecule has 0 radical (unpaired) electrons. The molecule has 12 rings (SSSR count). The first-order chi connectivity index (χ1) is 37.0. The first-order valence-electron chi connectivity index (χ1n) is 29.0. The van der Waals surface area contributed by atoms with Crippen molar-refractivity contribution in [2.45, 2.75) is 192 Å². The first-order valence-corrected chi connectivity index (χ1v) is 29.0. The Hall–Kier alpha value is -5.50. The summed E-state index contributed by atoms with van der Waals surface area (Å²) in [7, 11) is 10.8. The summed E-state index contributed by atoms with van der Waals surface area (Å²) in [6.45, 7) is 18.8. The molecule has 0 saturated heterocycles. The molecule has 3 heterocycles. The van der Waals surface area contributed by atoms with E-state index in [2.05, 4.69) is 88.9 Å². The maximum Gasteiger partial charge on any atom is 0.262 e. The summed E-state index contributed by atoms with van der Waals surface area (Å²) in [6.07, 6.45) is 15.4. The molecular weight excluding hydrogens is 975 g/mol. The molecule has 13 heteroatoms. The number of carbonyl (C=O) groups is 3. The molecule has 3 saturated carbocycles. The molecule has 3 aliphatic heterocycles. The Kier molecular flexibility index (Phi) is 14.5. The van der Waals surface area contributed by atoms with E-state index in [1.807, 2.05) is 34.9 Å². The van der Waals surface area contributed by atoms with Gasteiger partial charge in [-0.05, 0) is 185 Å². The molecule has 9 aliphatic rings. The van der Waals surface area contributed by atoms with Gasteiger partial charge >= 0.3 is 0 Å². The van der Waals surface area contributed by atoms with Crippen LogP contribution in [0.25, 0.3) is 5.57 Å². The van der Waals surface area contributed by atoms with Gasteiger partial charge in [0.25, 0.3) is 17.7 Å². The Morgan fingerprint density at radius 3 is 1.14 bits per heavy atom. The summed E-state index contributed by atoms with van der Waals surface area (Å²) in [5.41, 5.74) is 15.2. The van der Waals surface area contributed by atoms with Crippen LogP contribution in [0.15, 0.2) is 76.2 Å². The molecular formula is C65H87N7O6. The highest BCUT2D eigenvalue weighted by molar-refractivity contribution is 6.10. The van der Waals surface area contributed by atoms with Crippen LogP contribution in [-0.2, 0) is 64.5 Å². The van der Waals surface area contributed by atoms with Crippen LogP contribution >= 0.6 is 0 Å². The lowest BCUT2D eigenvalue weighted by Crippen LogP contribution is -2.51. The predicted octanol–water partition coefficient (Wildman–Crippen LogP) is 10.9. The van der Waals surface area contributed by atoms with Crippen molar-refractivity contribution in [3.8, 4) is 0 Å². The number of nitrogens with two attached hydrogens (primary N) is 1. The third-order valence-corrected chi connectivity index (χ3v) is 21.0. The van der Waals surface area contributed by atoms with Gasteiger partial charge < -0.3 is 29.7 Å². The lowest BCUT2D eigenvalue weighted by molar-refractivity contribution is -0.138. The fourth-order valence-electron chi connectivity index (χ4n) is 16.0. The number of carbonyl (C=O) groups excluding carboxylic acids is 3. The monoisotopic (exact) mass is 1060 g/mol. The number of amidine groups is 2. The van der Waals surface area contributed by atoms with Crippen molar-refractivity contribution in [2.24, 2.45) is 37.0 Å². The molecule has 13 nitrogen and oxygen atoms in total. The van der Waals surface area contributed by atoms with Gasteiger partial charge in [0.05, 0.1) is 18.3 Å². The van der Waals surface area contributed by atoms with Crippen molar-refractivity contribution >= 4 is 40.9 Å². The number of likely N-dealkylation sites (N-methyl/N-ethyl adjacent to an activating group) is 3. The second-order valence-electron chi connectivity index (χ2n) is 25.5. The van der Waals surface area contributed by atoms with Crippen molar-refractivity contribution in [1.29, 1.82) is 0 Å². The highest BCUT2D eigenvalue weighted by atomic mass is 16.5. The van der Waals surface area contributed by atoms with E-state index in [9.17, 15) is 14.4 Å². The van der Waals surface area contributed by atoms with Crippen LogP contribution in [0.3, 0.4) is 0 Å². The van der Waals surface area contributed by atoms with Gasteiger partial charge in [-0.1, -0.05) is 88.4 Å². The number of rotatable bonds is 6. The molecule has 418 valence electrons. The maximum absolute atomic E-state index is 13.6. The molecule has 3 atom stereocenters. The fraction of sp³-hybridized carbons (Fsp3) is 0.600. The predicted molar refractivity (Wildman–Crippen MR) is 310 cm³/mol. The molecule has 0 bridgehead atoms. The van der Waals surface area contributed by atoms with Crippen LogP contribution in [0.5, 0.6) is 0 Å². The second kappa shape index (κ2) is 20.2. The van der Waals surface area contributed by atoms with Gasteiger partial charge in [0, 0.05) is 58.7 Å². The summed E-state index contributed by atoms with van der Waals surface area (Å²) in [4.78, 5) is 60.8. The minimum absolute atomic E-state index is 0.0329. The molecule has 78 heavy (non-hydrogen) atoms. The Morgan fingerprint density at radius 1 is 0.538 bits per heavy atom. The zero-order valence-electron chi connectivity index (χ0n) is 49.1. The number of hydrogen-bond acceptors (Lipinski definition) is 10. The van der Waals surface area contributed by atoms with Crippen molar-refractivity contribution in [1.82, 2.24) is 14.7 Å². The van der Waals surface area contributed by atoms with Crippen LogP contribution in [0.4, 0.5) is 0 Å². The maximum atomic E-state index is 13.6. The van der Waals surface area contributed by atoms with E-state index in [4.69, 9.17) is 34.9 Å². The summed E-state index contributed by atoms with van der Waals surface area (Å²) < 4.78 is 16.8. The van der Waals surface area contributed by atoms with E-state index >= 15 is 0 Å². The number of guanidine groups is 1. The lowest BCUT2D eigenvalue weighted by atomic mass is 9.61. The van der Waals surface area contributed by atoms with E-state index in [-0.39, 0.29) is 40.1 Å². The highest BCUT2D eigenvalue weighted by Crippen LogP contribution is 2.65. The minimum Gasteiger partial charge on any atom is -0.381 e. The van der Waals surface area contributed by atoms with Crippen molar-refractivity contribution < 1.29 is 28.6 Å². The summed E-state index contributed by atoms with van der Waals surface area (Å²) in [5, 5.41) is 0. The molecule has 3 amide bonds. The fourth-order valence-corrected chi connectivity index (χ4v) is 16.0. The zero-order valence-corrected chi connectivity index (χ0v) is 49.1. The summed E-state index contributed by atoms with van der Waals surface area (Å²) in [5.74, 6) is 3.17. The normalized spacial score (nSPS) is 33.3. The van der Waals surface area contributed by atoms with E-state index in [0.29, 0.717) is 30.0 Å². The van der Waals surface area contributed by atoms with Gasteiger partial charge in [-0.2, -0.15) is 0 Å². The van der Waals surface area contributed by atoms with E-state index in [1.165, 1.54) is 27.8 Å². The van der Waals surface area contributed by atoms with Crippen LogP contribution < -0.4 is 5.73 Å². The van der Waals surface area contributed by atoms with E-state index < -0.39 is 16.6 Å². The number of nitrogens with zero attached hydrogens (tertiary/aromatic N) is 6. The van der Waals surface area contributed by atoms with Crippen molar-refractivity contribution in [3.05, 3.63) is 111 Å². The minimum atomic E-state index is -0.856. The number of allylic oxidation sites excluding steroid dienone is 1. The number of hydrogen-bond donors (Lipinski definition) is 1. The Morgan fingerprint density at radius 2 is 0.859 bits per heavy atom. The van der Waals surface area contributed by atoms with Gasteiger partial charge in [0.15, 0.2) is 22.6 Å². The summed E-state index contributed by atoms with van der Waals surface area (Å²) >= 11 is 0. The molecule has 3 unspecified atom stereocenters. The number of benzene rings is 3. The average molecular weight is 1060 g/mol. The molecule has 3 aromatic carbocycles. The SMILES string of the molecule is C=C(C)c1ccc2c(c1)C1(N=C(C)N(C)C1=O)C1(CCC(OC)CC1)C2.COC1CCC2(CC1)Cc1ccc(C(C)C)cc1C21N=C(C)N(C)C1=O.COC1CCC2(CC1)Cc1ccc(C(C)C)cc1C21N=C(N)N(C)C1=O. The molecule has 3 aromatic rings. The smallest absolute Gasteiger partial charge is 0.262 e. The first kappa shape index (κ1) is 55.8. The zero-order chi connectivity index (χ0) is 56.1. The number of amides is 3. The molecule has 3 fully saturated rings. The second-order valence-corrected chi connectivity index (χ2v) is 25.5. The molecule has 2 N–H and O–H groups in total. The Bertz CT molecular complexity index is 2870. The summed E-state index contributed by atoms with van der Waals surface area (Å²) in [6, 6.07) is 19.9. The van der Waals surface area contributed by atoms with Crippen LogP contribution in [0, 0.1) is 16.2 Å². The van der Waals surface area contributed by atoms with Crippen molar-refractivity contribution in [3.63, 3.8) is 0 Å². The van der Waals surface area contributed by atoms with Gasteiger partial charge in [-0.15, -0.1) is 0 Å². The van der Waals surface area contributed by atoms with E-state index in [0.717, 1.165) is 136 Å². The standard InChI is InChI=1S/C22H30N2O2.C22H28N2O2.C21H29N3O2/c2*1-14(2)16-6-7-17-13-21(10-8-18(26-5)9-11-21)22(19(17)12-16)20(25)24(4)15(3)23-22;1-13(2)14-5-6-15-12-20(9-7-16(26-4)8-10-20)21(17(15)11-14)18(25)24(3)19(22)23-21/h6-7,12,14,18H,8-11,13H2,1-5H3;6-7,12,18H,1,8-11,13H2,2-5H3;5-6,11,13,16H,7-10,12H2,1-4H3,(H2,22,23). The molecule has 0 aromatic heterocycles. The van der Waals surface area contributed by atoms with Crippen LogP contribution in [0.1, 0.15) is 187 Å². The van der Waals surface area contributed by atoms with Crippen LogP contribution in [-0.4, -0.2) is 111 Å². The lowest BCUT2D eigenvalue weighted by Gasteiger charge is -2.45. The number of methoxy groups -OCH3 is 3. The van der Waals surface area contributed by atoms with Crippen molar-refractivity contribution in [2.75, 3.05) is 42.5 Å². The van der Waals surface area contributed by atoms with Gasteiger partial charge in [0.1, 0.15) is 11.7 Å². The quantitative estimate of drug-likeness (QED) is 0.258. The Labute approximate surface area is 464 Å². The highest BCUT2D eigenvalue weighted by Gasteiger charge is 2.69. The van der Waals surface area contributed by atoms with Gasteiger partial charge in [0.2, 0.25) is 0 Å². The number of aliphatic imine (C=N–C) groups is 3. The van der Waals surface area contributed by atoms with Gasteiger partial charge in [-0.3, -0.25) is 29.3 Å². The third-order valence-electron chi connectivity index (χ3n) is 21.0. The number of ether oxygens (including phenoxy) is 3. The van der Waals surface area contributed by atoms with Gasteiger partial charge in [-0.25, -0.2) is 4.99 Å². The average Bonchev–Trinajstić information content (AvgIpc) is 4.37. The van der Waals surface area contributed by atoms with E-state index in [1.54, 1.807) is 43.1 Å². The largest absolute Gasteiger partial charge is 0.381 e. The number of fused-ring (bicyclic) bond motifs is 9. The topological polar surface area (TPSA) is 152 Å².